The largest absolute Gasteiger partial charge is 0.493 e. The molecule has 0 bridgehead atoms. The molecule has 36 heavy (non-hydrogen) atoms. The molecular weight excluding hydrogens is 478 g/mol. The number of aryl methyl sites for hydroxylation is 1. The fourth-order valence-electron chi connectivity index (χ4n) is 4.59. The summed E-state index contributed by atoms with van der Waals surface area (Å²) in [7, 11) is 1.57. The first-order chi connectivity index (χ1) is 17.4. The van der Waals surface area contributed by atoms with E-state index in [2.05, 4.69) is 6.92 Å². The summed E-state index contributed by atoms with van der Waals surface area (Å²) in [6.07, 6.45) is 1.94. The van der Waals surface area contributed by atoms with Crippen molar-refractivity contribution < 1.29 is 18.7 Å². The lowest BCUT2D eigenvalue weighted by Gasteiger charge is -2.26. The number of anilines is 1. The molecule has 1 aliphatic heterocycles. The van der Waals surface area contributed by atoms with Crippen LogP contribution in [0, 0.1) is 6.92 Å². The highest BCUT2D eigenvalue weighted by atomic mass is 35.5. The smallest absolute Gasteiger partial charge is 0.295 e. The number of hydrogen-bond donors (Lipinski definition) is 0. The minimum Gasteiger partial charge on any atom is -0.493 e. The number of nitrogens with zero attached hydrogens (tertiary/aromatic N) is 1. The van der Waals surface area contributed by atoms with Gasteiger partial charge in [-0.15, -0.1) is 0 Å². The SMILES string of the molecule is CCCCOc1ccc(C2c3c(oc4ccc(C)cc4c3=O)C(=O)N2c2cccc(Cl)c2)cc1OC. The van der Waals surface area contributed by atoms with E-state index in [0.29, 0.717) is 50.9 Å². The molecule has 4 aromatic rings. The molecule has 5 rings (SSSR count). The maximum absolute atomic E-state index is 13.8. The number of unbranched alkanes of at least 4 members (excludes halogenated alkanes) is 1. The molecule has 0 fully saturated rings. The van der Waals surface area contributed by atoms with E-state index in [4.69, 9.17) is 25.5 Å². The molecule has 1 amide bonds. The second kappa shape index (κ2) is 9.70. The molecule has 0 spiro atoms. The van der Waals surface area contributed by atoms with Crippen LogP contribution in [0.25, 0.3) is 11.0 Å². The van der Waals surface area contributed by atoms with Gasteiger partial charge in [0.15, 0.2) is 16.9 Å². The van der Waals surface area contributed by atoms with E-state index in [9.17, 15) is 9.59 Å². The Morgan fingerprint density at radius 2 is 1.86 bits per heavy atom. The summed E-state index contributed by atoms with van der Waals surface area (Å²) >= 11 is 6.28. The first kappa shape index (κ1) is 23.9. The zero-order valence-electron chi connectivity index (χ0n) is 20.3. The van der Waals surface area contributed by atoms with Crippen molar-refractivity contribution in [1.29, 1.82) is 0 Å². The molecule has 7 heteroatoms. The molecule has 6 nitrogen and oxygen atoms in total. The number of halogens is 1. The van der Waals surface area contributed by atoms with Crippen LogP contribution in [-0.4, -0.2) is 19.6 Å². The molecule has 3 aromatic carbocycles. The second-order valence-corrected chi connectivity index (χ2v) is 9.28. The standard InChI is InChI=1S/C29H26ClNO5/c1-4-5-13-35-23-12-10-18(15-24(23)34-3)26-25-27(32)21-14-17(2)9-11-22(21)36-28(25)29(33)31(26)20-8-6-7-19(30)16-20/h6-12,14-16,26H,4-5,13H2,1-3H3. The van der Waals surface area contributed by atoms with Crippen LogP contribution >= 0.6 is 11.6 Å². The van der Waals surface area contributed by atoms with Gasteiger partial charge in [-0.3, -0.25) is 14.5 Å². The molecule has 0 radical (unpaired) electrons. The van der Waals surface area contributed by atoms with Gasteiger partial charge in [-0.05, 0) is 61.4 Å². The van der Waals surface area contributed by atoms with Crippen LogP contribution in [0.2, 0.25) is 5.02 Å². The zero-order chi connectivity index (χ0) is 25.4. The van der Waals surface area contributed by atoms with Gasteiger partial charge in [0.25, 0.3) is 5.91 Å². The van der Waals surface area contributed by atoms with E-state index >= 15 is 0 Å². The Morgan fingerprint density at radius 3 is 2.61 bits per heavy atom. The summed E-state index contributed by atoms with van der Waals surface area (Å²) in [5, 5.41) is 0.915. The highest BCUT2D eigenvalue weighted by Crippen LogP contribution is 2.43. The fourth-order valence-corrected chi connectivity index (χ4v) is 4.78. The summed E-state index contributed by atoms with van der Waals surface area (Å²) in [5.41, 5.74) is 2.62. The van der Waals surface area contributed by atoms with Crippen molar-refractivity contribution in [1.82, 2.24) is 0 Å². The maximum Gasteiger partial charge on any atom is 0.295 e. The van der Waals surface area contributed by atoms with Crippen molar-refractivity contribution in [2.45, 2.75) is 32.7 Å². The Labute approximate surface area is 214 Å². The van der Waals surface area contributed by atoms with Crippen LogP contribution < -0.4 is 19.8 Å². The van der Waals surface area contributed by atoms with Gasteiger partial charge in [-0.1, -0.05) is 48.7 Å². The van der Waals surface area contributed by atoms with E-state index in [0.717, 1.165) is 18.4 Å². The maximum atomic E-state index is 13.8. The van der Waals surface area contributed by atoms with Crippen LogP contribution in [-0.2, 0) is 0 Å². The van der Waals surface area contributed by atoms with Crippen molar-refractivity contribution in [2.24, 2.45) is 0 Å². The zero-order valence-corrected chi connectivity index (χ0v) is 21.1. The van der Waals surface area contributed by atoms with Crippen molar-refractivity contribution in [3.05, 3.63) is 98.4 Å². The Morgan fingerprint density at radius 1 is 1.03 bits per heavy atom. The molecule has 0 aliphatic carbocycles. The average molecular weight is 504 g/mol. The topological polar surface area (TPSA) is 69.0 Å². The number of rotatable bonds is 7. The van der Waals surface area contributed by atoms with Crippen molar-refractivity contribution in [3.8, 4) is 11.5 Å². The quantitative estimate of drug-likeness (QED) is 0.263. The van der Waals surface area contributed by atoms with E-state index in [-0.39, 0.29) is 11.2 Å². The minimum absolute atomic E-state index is 0.0311. The number of benzene rings is 3. The van der Waals surface area contributed by atoms with Gasteiger partial charge < -0.3 is 13.9 Å². The van der Waals surface area contributed by atoms with Crippen molar-refractivity contribution in [3.63, 3.8) is 0 Å². The van der Waals surface area contributed by atoms with Gasteiger partial charge in [0.2, 0.25) is 5.76 Å². The molecule has 0 saturated carbocycles. The number of hydrogen-bond acceptors (Lipinski definition) is 5. The molecule has 2 heterocycles. The van der Waals surface area contributed by atoms with E-state index < -0.39 is 11.9 Å². The number of fused-ring (bicyclic) bond motifs is 2. The molecular formula is C29H26ClNO5. The van der Waals surface area contributed by atoms with Crippen LogP contribution in [0.3, 0.4) is 0 Å². The lowest BCUT2D eigenvalue weighted by molar-refractivity contribution is 0.0971. The molecule has 1 atom stereocenters. The number of carbonyl (C=O) groups excluding carboxylic acids is 1. The van der Waals surface area contributed by atoms with Gasteiger partial charge in [0.1, 0.15) is 5.58 Å². The van der Waals surface area contributed by atoms with Gasteiger partial charge >= 0.3 is 0 Å². The first-order valence-electron chi connectivity index (χ1n) is 11.9. The molecule has 1 aliphatic rings. The van der Waals surface area contributed by atoms with E-state index in [1.54, 1.807) is 48.4 Å². The molecule has 0 saturated heterocycles. The van der Waals surface area contributed by atoms with Crippen molar-refractivity contribution in [2.75, 3.05) is 18.6 Å². The number of methoxy groups -OCH3 is 1. The predicted molar refractivity (Wildman–Crippen MR) is 141 cm³/mol. The fraction of sp³-hybridized carbons (Fsp3) is 0.241. The summed E-state index contributed by atoms with van der Waals surface area (Å²) in [6.45, 7) is 4.58. The van der Waals surface area contributed by atoms with Crippen LogP contribution in [0.4, 0.5) is 5.69 Å². The third-order valence-electron chi connectivity index (χ3n) is 6.37. The minimum atomic E-state index is -0.731. The Hall–Kier alpha value is -3.77. The number of amides is 1. The highest BCUT2D eigenvalue weighted by molar-refractivity contribution is 6.31. The Kier molecular flexibility index (Phi) is 6.46. The lowest BCUT2D eigenvalue weighted by atomic mass is 9.97. The van der Waals surface area contributed by atoms with Gasteiger partial charge in [-0.2, -0.15) is 0 Å². The predicted octanol–water partition coefficient (Wildman–Crippen LogP) is 6.69. The number of carbonyl (C=O) groups is 1. The lowest BCUT2D eigenvalue weighted by Crippen LogP contribution is -2.29. The van der Waals surface area contributed by atoms with Crippen LogP contribution in [0.15, 0.2) is 69.9 Å². The first-order valence-corrected chi connectivity index (χ1v) is 12.3. The summed E-state index contributed by atoms with van der Waals surface area (Å²) < 4.78 is 17.6. The third-order valence-corrected chi connectivity index (χ3v) is 6.61. The summed E-state index contributed by atoms with van der Waals surface area (Å²) in [4.78, 5) is 29.1. The third kappa shape index (κ3) is 4.11. The summed E-state index contributed by atoms with van der Waals surface area (Å²) in [6, 6.07) is 17.1. The second-order valence-electron chi connectivity index (χ2n) is 8.84. The van der Waals surface area contributed by atoms with Crippen molar-refractivity contribution >= 4 is 34.2 Å². The van der Waals surface area contributed by atoms with Crippen LogP contribution in [0.5, 0.6) is 11.5 Å². The average Bonchev–Trinajstić information content (AvgIpc) is 3.17. The van der Waals surface area contributed by atoms with Gasteiger partial charge in [0.05, 0.1) is 30.7 Å². The van der Waals surface area contributed by atoms with Gasteiger partial charge in [-0.25, -0.2) is 0 Å². The molecule has 1 aromatic heterocycles. The Bertz CT molecular complexity index is 1530. The highest BCUT2D eigenvalue weighted by Gasteiger charge is 2.44. The molecule has 0 N–H and O–H groups in total. The summed E-state index contributed by atoms with van der Waals surface area (Å²) in [5.74, 6) is 0.758. The normalized spacial score (nSPS) is 14.8. The van der Waals surface area contributed by atoms with Crippen LogP contribution in [0.1, 0.15) is 53.1 Å². The molecule has 1 unspecified atom stereocenters. The van der Waals surface area contributed by atoms with E-state index in [1.165, 1.54) is 0 Å². The monoisotopic (exact) mass is 503 g/mol. The van der Waals surface area contributed by atoms with Gasteiger partial charge in [0, 0.05) is 10.7 Å². The number of ether oxygens (including phenoxy) is 2. The Balaban J connectivity index is 1.72. The van der Waals surface area contributed by atoms with E-state index in [1.807, 2.05) is 31.2 Å². The molecule has 184 valence electrons.